The van der Waals surface area contributed by atoms with Crippen LogP contribution in [0.3, 0.4) is 0 Å². The maximum atomic E-state index is 6.32. The highest BCUT2D eigenvalue weighted by Crippen LogP contribution is 2.45. The minimum absolute atomic E-state index is 0.156. The van der Waals surface area contributed by atoms with Crippen molar-refractivity contribution in [2.75, 3.05) is 11.9 Å². The standard InChI is InChI=1S/C15H22ClNO/c1-5-18-13-9-12(15(13,3)4)17-11-8-6-7-10(2)14(11)16/h6-8,12-13,17H,5,9H2,1-4H3. The molecule has 1 fully saturated rings. The van der Waals surface area contributed by atoms with Crippen LogP contribution in [0.2, 0.25) is 5.02 Å². The molecule has 0 spiro atoms. The third-order valence-electron chi connectivity index (χ3n) is 4.07. The summed E-state index contributed by atoms with van der Waals surface area (Å²) >= 11 is 6.32. The molecule has 2 rings (SSSR count). The molecule has 1 saturated carbocycles. The van der Waals surface area contributed by atoms with Crippen molar-refractivity contribution in [3.8, 4) is 0 Å². The van der Waals surface area contributed by atoms with Gasteiger partial charge in [0.2, 0.25) is 0 Å². The molecule has 1 aromatic rings. The van der Waals surface area contributed by atoms with E-state index < -0.39 is 0 Å². The van der Waals surface area contributed by atoms with E-state index in [0.29, 0.717) is 12.1 Å². The number of hydrogen-bond acceptors (Lipinski definition) is 2. The van der Waals surface area contributed by atoms with E-state index >= 15 is 0 Å². The summed E-state index contributed by atoms with van der Waals surface area (Å²) in [6.07, 6.45) is 1.40. The van der Waals surface area contributed by atoms with E-state index in [9.17, 15) is 0 Å². The summed E-state index contributed by atoms with van der Waals surface area (Å²) in [7, 11) is 0. The second kappa shape index (κ2) is 5.10. The number of hydrogen-bond donors (Lipinski definition) is 1. The fourth-order valence-corrected chi connectivity index (χ4v) is 2.74. The molecular weight excluding hydrogens is 246 g/mol. The number of ether oxygens (including phenoxy) is 1. The lowest BCUT2D eigenvalue weighted by molar-refractivity contribution is -0.0975. The van der Waals surface area contributed by atoms with Crippen LogP contribution >= 0.6 is 11.6 Å². The van der Waals surface area contributed by atoms with Crippen molar-refractivity contribution < 1.29 is 4.74 Å². The van der Waals surface area contributed by atoms with E-state index in [1.165, 1.54) is 0 Å². The highest BCUT2D eigenvalue weighted by molar-refractivity contribution is 6.34. The molecule has 2 atom stereocenters. The van der Waals surface area contributed by atoms with Crippen LogP contribution in [-0.4, -0.2) is 18.8 Å². The van der Waals surface area contributed by atoms with Crippen LogP contribution in [0.25, 0.3) is 0 Å². The van der Waals surface area contributed by atoms with Crippen molar-refractivity contribution in [1.29, 1.82) is 0 Å². The molecule has 100 valence electrons. The molecule has 18 heavy (non-hydrogen) atoms. The minimum Gasteiger partial charge on any atom is -0.380 e. The molecule has 2 unspecified atom stereocenters. The van der Waals surface area contributed by atoms with Crippen molar-refractivity contribution in [3.05, 3.63) is 28.8 Å². The molecule has 0 aliphatic heterocycles. The number of benzene rings is 1. The molecule has 0 amide bonds. The van der Waals surface area contributed by atoms with E-state index in [2.05, 4.69) is 19.2 Å². The molecule has 1 aliphatic rings. The predicted octanol–water partition coefficient (Wildman–Crippen LogP) is 4.26. The second-order valence-electron chi connectivity index (χ2n) is 5.63. The van der Waals surface area contributed by atoms with Gasteiger partial charge < -0.3 is 10.1 Å². The van der Waals surface area contributed by atoms with E-state index in [1.807, 2.05) is 32.0 Å². The van der Waals surface area contributed by atoms with E-state index in [4.69, 9.17) is 16.3 Å². The van der Waals surface area contributed by atoms with Gasteiger partial charge in [-0.1, -0.05) is 37.6 Å². The minimum atomic E-state index is 0.156. The first kappa shape index (κ1) is 13.7. The van der Waals surface area contributed by atoms with Crippen molar-refractivity contribution in [2.24, 2.45) is 5.41 Å². The molecule has 0 saturated heterocycles. The molecular formula is C15H22ClNO. The van der Waals surface area contributed by atoms with Crippen LogP contribution in [0.1, 0.15) is 32.8 Å². The summed E-state index contributed by atoms with van der Waals surface area (Å²) in [5.74, 6) is 0. The number of anilines is 1. The van der Waals surface area contributed by atoms with Gasteiger partial charge in [-0.3, -0.25) is 0 Å². The lowest BCUT2D eigenvalue weighted by Gasteiger charge is -2.52. The van der Waals surface area contributed by atoms with Crippen molar-refractivity contribution in [3.63, 3.8) is 0 Å². The molecule has 0 heterocycles. The average Bonchev–Trinajstić information content (AvgIpc) is 2.33. The zero-order valence-electron chi connectivity index (χ0n) is 11.6. The van der Waals surface area contributed by atoms with Crippen molar-refractivity contribution >= 4 is 17.3 Å². The Bertz CT molecular complexity index is 431. The molecule has 0 aromatic heterocycles. The first-order valence-electron chi connectivity index (χ1n) is 6.60. The van der Waals surface area contributed by atoms with Gasteiger partial charge in [0, 0.05) is 18.1 Å². The molecule has 1 aliphatic carbocycles. The van der Waals surface area contributed by atoms with Gasteiger partial charge in [0.05, 0.1) is 16.8 Å². The summed E-state index contributed by atoms with van der Waals surface area (Å²) in [6.45, 7) is 9.36. The molecule has 3 heteroatoms. The van der Waals surface area contributed by atoms with Gasteiger partial charge in [-0.25, -0.2) is 0 Å². The average molecular weight is 268 g/mol. The van der Waals surface area contributed by atoms with Crippen LogP contribution in [0.4, 0.5) is 5.69 Å². The number of rotatable bonds is 4. The van der Waals surface area contributed by atoms with Crippen molar-refractivity contribution in [1.82, 2.24) is 0 Å². The zero-order valence-corrected chi connectivity index (χ0v) is 12.3. The Hall–Kier alpha value is -0.730. The Kier molecular flexibility index (Phi) is 3.88. The van der Waals surface area contributed by atoms with Crippen LogP contribution in [0, 0.1) is 12.3 Å². The Balaban J connectivity index is 2.06. The van der Waals surface area contributed by atoms with Crippen LogP contribution in [-0.2, 0) is 4.74 Å². The monoisotopic (exact) mass is 267 g/mol. The normalized spacial score (nSPS) is 25.6. The van der Waals surface area contributed by atoms with E-state index in [-0.39, 0.29) is 5.41 Å². The summed E-state index contributed by atoms with van der Waals surface area (Å²) in [4.78, 5) is 0. The SMILES string of the molecule is CCOC1CC(Nc2cccc(C)c2Cl)C1(C)C. The smallest absolute Gasteiger partial charge is 0.0666 e. The van der Waals surface area contributed by atoms with E-state index in [1.54, 1.807) is 0 Å². The van der Waals surface area contributed by atoms with Crippen molar-refractivity contribution in [2.45, 2.75) is 46.3 Å². The van der Waals surface area contributed by atoms with Crippen LogP contribution < -0.4 is 5.32 Å². The van der Waals surface area contributed by atoms with Gasteiger partial charge in [0.15, 0.2) is 0 Å². The highest BCUT2D eigenvalue weighted by atomic mass is 35.5. The maximum absolute atomic E-state index is 6.32. The van der Waals surface area contributed by atoms with Gasteiger partial charge in [-0.15, -0.1) is 0 Å². The molecule has 1 aromatic carbocycles. The van der Waals surface area contributed by atoms with Crippen LogP contribution in [0.5, 0.6) is 0 Å². The highest BCUT2D eigenvalue weighted by Gasteiger charge is 2.48. The van der Waals surface area contributed by atoms with Gasteiger partial charge >= 0.3 is 0 Å². The van der Waals surface area contributed by atoms with Gasteiger partial charge in [0.1, 0.15) is 0 Å². The van der Waals surface area contributed by atoms with E-state index in [0.717, 1.165) is 29.3 Å². The number of aryl methyl sites for hydroxylation is 1. The van der Waals surface area contributed by atoms with Crippen LogP contribution in [0.15, 0.2) is 18.2 Å². The Morgan fingerprint density at radius 3 is 2.78 bits per heavy atom. The van der Waals surface area contributed by atoms with Gasteiger partial charge in [-0.05, 0) is 31.9 Å². The summed E-state index contributed by atoms with van der Waals surface area (Å²) in [5.41, 5.74) is 2.30. The first-order chi connectivity index (χ1) is 8.46. The lowest BCUT2D eigenvalue weighted by Crippen LogP contribution is -2.58. The first-order valence-corrected chi connectivity index (χ1v) is 6.97. The molecule has 1 N–H and O–H groups in total. The maximum Gasteiger partial charge on any atom is 0.0666 e. The lowest BCUT2D eigenvalue weighted by atomic mass is 9.64. The summed E-state index contributed by atoms with van der Waals surface area (Å²) in [5, 5.41) is 4.38. The molecule has 0 radical (unpaired) electrons. The topological polar surface area (TPSA) is 21.3 Å². The van der Waals surface area contributed by atoms with Gasteiger partial charge in [-0.2, -0.15) is 0 Å². The Labute approximate surface area is 115 Å². The zero-order chi connectivity index (χ0) is 13.3. The number of halogens is 1. The van der Waals surface area contributed by atoms with Gasteiger partial charge in [0.25, 0.3) is 0 Å². The quantitative estimate of drug-likeness (QED) is 0.880. The Morgan fingerprint density at radius 2 is 2.17 bits per heavy atom. The number of nitrogens with one attached hydrogen (secondary N) is 1. The Morgan fingerprint density at radius 1 is 1.44 bits per heavy atom. The molecule has 0 bridgehead atoms. The fraction of sp³-hybridized carbons (Fsp3) is 0.600. The molecule has 2 nitrogen and oxygen atoms in total. The third-order valence-corrected chi connectivity index (χ3v) is 4.57. The largest absolute Gasteiger partial charge is 0.380 e. The summed E-state index contributed by atoms with van der Waals surface area (Å²) in [6, 6.07) is 6.53. The fourth-order valence-electron chi connectivity index (χ4n) is 2.56. The second-order valence-corrected chi connectivity index (χ2v) is 6.01. The predicted molar refractivity (Wildman–Crippen MR) is 77.4 cm³/mol. The summed E-state index contributed by atoms with van der Waals surface area (Å²) < 4.78 is 5.74. The third kappa shape index (κ3) is 2.36.